The van der Waals surface area contributed by atoms with Gasteiger partial charge in [-0.25, -0.2) is 4.39 Å². The molecule has 1 aliphatic rings. The first-order valence-electron chi connectivity index (χ1n) is 7.30. The van der Waals surface area contributed by atoms with Gasteiger partial charge in [-0.05, 0) is 48.9 Å². The van der Waals surface area contributed by atoms with E-state index in [4.69, 9.17) is 11.6 Å². The van der Waals surface area contributed by atoms with E-state index in [-0.39, 0.29) is 16.9 Å². The third-order valence-electron chi connectivity index (χ3n) is 4.18. The summed E-state index contributed by atoms with van der Waals surface area (Å²) in [6, 6.07) is 5.47. The molecule has 1 fully saturated rings. The van der Waals surface area contributed by atoms with E-state index < -0.39 is 0 Å². The summed E-state index contributed by atoms with van der Waals surface area (Å²) in [5.41, 5.74) is 1.03. The SMILES string of the molecule is CCNC(c1ccc(Cl)c(F)c1)C1CCCC(C)C1. The maximum atomic E-state index is 13.7. The van der Waals surface area contributed by atoms with Gasteiger partial charge in [0.2, 0.25) is 0 Å². The zero-order chi connectivity index (χ0) is 13.8. The van der Waals surface area contributed by atoms with Crippen LogP contribution in [-0.4, -0.2) is 6.54 Å². The molecule has 0 bridgehead atoms. The Morgan fingerprint density at radius 2 is 2.21 bits per heavy atom. The van der Waals surface area contributed by atoms with Crippen LogP contribution in [0.1, 0.15) is 51.1 Å². The van der Waals surface area contributed by atoms with Crippen molar-refractivity contribution in [2.45, 2.75) is 45.6 Å². The Morgan fingerprint density at radius 3 is 2.84 bits per heavy atom. The molecule has 1 saturated carbocycles. The Balaban J connectivity index is 2.20. The fourth-order valence-corrected chi connectivity index (χ4v) is 3.38. The summed E-state index contributed by atoms with van der Waals surface area (Å²) < 4.78 is 13.7. The first kappa shape index (κ1) is 14.8. The van der Waals surface area contributed by atoms with Crippen LogP contribution in [0.3, 0.4) is 0 Å². The molecule has 0 amide bonds. The third-order valence-corrected chi connectivity index (χ3v) is 4.48. The van der Waals surface area contributed by atoms with Crippen LogP contribution in [-0.2, 0) is 0 Å². The molecule has 0 aromatic heterocycles. The third kappa shape index (κ3) is 3.70. The molecule has 1 aromatic rings. The number of rotatable bonds is 4. The average Bonchev–Trinajstić information content (AvgIpc) is 2.39. The Hall–Kier alpha value is -0.600. The molecule has 19 heavy (non-hydrogen) atoms. The highest BCUT2D eigenvalue weighted by Gasteiger charge is 2.27. The van der Waals surface area contributed by atoms with Crippen molar-refractivity contribution in [2.24, 2.45) is 11.8 Å². The summed E-state index contributed by atoms with van der Waals surface area (Å²) >= 11 is 5.78. The highest BCUT2D eigenvalue weighted by Crippen LogP contribution is 2.37. The molecular formula is C16H23ClFN. The van der Waals surface area contributed by atoms with Crippen molar-refractivity contribution in [3.05, 3.63) is 34.6 Å². The Labute approximate surface area is 120 Å². The molecule has 0 aliphatic heterocycles. The second-order valence-electron chi connectivity index (χ2n) is 5.74. The van der Waals surface area contributed by atoms with E-state index in [0.717, 1.165) is 18.0 Å². The zero-order valence-corrected chi connectivity index (χ0v) is 12.5. The van der Waals surface area contributed by atoms with Crippen molar-refractivity contribution < 1.29 is 4.39 Å². The number of hydrogen-bond acceptors (Lipinski definition) is 1. The lowest BCUT2D eigenvalue weighted by Gasteiger charge is -2.34. The lowest BCUT2D eigenvalue weighted by atomic mass is 9.76. The predicted molar refractivity (Wildman–Crippen MR) is 78.9 cm³/mol. The van der Waals surface area contributed by atoms with Gasteiger partial charge in [-0.3, -0.25) is 0 Å². The van der Waals surface area contributed by atoms with Crippen molar-refractivity contribution in [3.63, 3.8) is 0 Å². The van der Waals surface area contributed by atoms with E-state index >= 15 is 0 Å². The van der Waals surface area contributed by atoms with Crippen molar-refractivity contribution in [3.8, 4) is 0 Å². The number of benzene rings is 1. The number of halogens is 2. The van der Waals surface area contributed by atoms with Gasteiger partial charge in [0, 0.05) is 6.04 Å². The number of hydrogen-bond donors (Lipinski definition) is 1. The fraction of sp³-hybridized carbons (Fsp3) is 0.625. The van der Waals surface area contributed by atoms with Gasteiger partial charge < -0.3 is 5.32 Å². The molecule has 1 aromatic carbocycles. The van der Waals surface area contributed by atoms with Crippen LogP contribution in [0.2, 0.25) is 5.02 Å². The average molecular weight is 284 g/mol. The van der Waals surface area contributed by atoms with Crippen LogP contribution in [0, 0.1) is 17.7 Å². The van der Waals surface area contributed by atoms with E-state index in [2.05, 4.69) is 19.2 Å². The van der Waals surface area contributed by atoms with Gasteiger partial charge in [-0.1, -0.05) is 44.4 Å². The van der Waals surface area contributed by atoms with Crippen molar-refractivity contribution >= 4 is 11.6 Å². The van der Waals surface area contributed by atoms with Gasteiger partial charge in [-0.2, -0.15) is 0 Å². The maximum Gasteiger partial charge on any atom is 0.142 e. The van der Waals surface area contributed by atoms with Crippen LogP contribution in [0.4, 0.5) is 4.39 Å². The highest BCUT2D eigenvalue weighted by molar-refractivity contribution is 6.30. The van der Waals surface area contributed by atoms with Crippen LogP contribution in [0.5, 0.6) is 0 Å². The second-order valence-corrected chi connectivity index (χ2v) is 6.15. The summed E-state index contributed by atoms with van der Waals surface area (Å²) in [5, 5.41) is 3.73. The first-order valence-corrected chi connectivity index (χ1v) is 7.68. The van der Waals surface area contributed by atoms with Crippen molar-refractivity contribution in [1.29, 1.82) is 0 Å². The molecule has 3 unspecified atom stereocenters. The summed E-state index contributed by atoms with van der Waals surface area (Å²) in [6.07, 6.45) is 5.06. The molecule has 1 N–H and O–H groups in total. The normalized spacial score (nSPS) is 25.3. The van der Waals surface area contributed by atoms with Crippen molar-refractivity contribution in [2.75, 3.05) is 6.54 Å². The van der Waals surface area contributed by atoms with Crippen LogP contribution in [0.15, 0.2) is 18.2 Å². The summed E-state index contributed by atoms with van der Waals surface area (Å²) in [6.45, 7) is 5.32. The topological polar surface area (TPSA) is 12.0 Å². The minimum Gasteiger partial charge on any atom is -0.310 e. The molecule has 2 rings (SSSR count). The fourth-order valence-electron chi connectivity index (χ4n) is 3.27. The van der Waals surface area contributed by atoms with Crippen LogP contribution in [0.25, 0.3) is 0 Å². The first-order chi connectivity index (χ1) is 9.11. The lowest BCUT2D eigenvalue weighted by Crippen LogP contribution is -2.31. The van der Waals surface area contributed by atoms with E-state index in [1.54, 1.807) is 12.1 Å². The maximum absolute atomic E-state index is 13.7. The summed E-state index contributed by atoms with van der Waals surface area (Å²) in [4.78, 5) is 0. The second kappa shape index (κ2) is 6.71. The zero-order valence-electron chi connectivity index (χ0n) is 11.8. The van der Waals surface area contributed by atoms with Crippen LogP contribution < -0.4 is 5.32 Å². The summed E-state index contributed by atoms with van der Waals surface area (Å²) in [7, 11) is 0. The van der Waals surface area contributed by atoms with Gasteiger partial charge in [0.05, 0.1) is 5.02 Å². The van der Waals surface area contributed by atoms with E-state index in [0.29, 0.717) is 5.92 Å². The summed E-state index contributed by atoms with van der Waals surface area (Å²) in [5.74, 6) is 1.06. The monoisotopic (exact) mass is 283 g/mol. The standard InChI is InChI=1S/C16H23ClFN/c1-3-19-16(12-6-4-5-11(2)9-12)13-7-8-14(17)15(18)10-13/h7-8,10-12,16,19H,3-6,9H2,1-2H3. The predicted octanol–water partition coefficient (Wildman–Crippen LogP) is 4.96. The van der Waals surface area contributed by atoms with Gasteiger partial charge in [0.1, 0.15) is 5.82 Å². The Bertz CT molecular complexity index is 421. The lowest BCUT2D eigenvalue weighted by molar-refractivity contribution is 0.225. The van der Waals surface area contributed by atoms with E-state index in [1.807, 2.05) is 6.07 Å². The quantitative estimate of drug-likeness (QED) is 0.824. The molecule has 0 spiro atoms. The molecule has 3 heteroatoms. The minimum atomic E-state index is -0.314. The minimum absolute atomic E-state index is 0.205. The number of nitrogens with one attached hydrogen (secondary N) is 1. The molecule has 3 atom stereocenters. The molecule has 106 valence electrons. The highest BCUT2D eigenvalue weighted by atomic mass is 35.5. The van der Waals surface area contributed by atoms with Gasteiger partial charge >= 0.3 is 0 Å². The Morgan fingerprint density at radius 1 is 1.42 bits per heavy atom. The molecule has 1 nitrogen and oxygen atoms in total. The molecule has 0 saturated heterocycles. The van der Waals surface area contributed by atoms with Gasteiger partial charge in [0.25, 0.3) is 0 Å². The van der Waals surface area contributed by atoms with Crippen molar-refractivity contribution in [1.82, 2.24) is 5.32 Å². The van der Waals surface area contributed by atoms with E-state index in [1.165, 1.54) is 25.7 Å². The molecular weight excluding hydrogens is 261 g/mol. The van der Waals surface area contributed by atoms with Crippen LogP contribution >= 0.6 is 11.6 Å². The van der Waals surface area contributed by atoms with Gasteiger partial charge in [-0.15, -0.1) is 0 Å². The molecule has 0 radical (unpaired) electrons. The van der Waals surface area contributed by atoms with Gasteiger partial charge in [0.15, 0.2) is 0 Å². The Kier molecular flexibility index (Phi) is 5.23. The van der Waals surface area contributed by atoms with E-state index in [9.17, 15) is 4.39 Å². The largest absolute Gasteiger partial charge is 0.310 e. The molecule has 1 aliphatic carbocycles. The smallest absolute Gasteiger partial charge is 0.142 e. The molecule has 0 heterocycles.